The number of carboxylic acids is 1. The van der Waals surface area contributed by atoms with Crippen LogP contribution in [0.15, 0.2) is 0 Å². The van der Waals surface area contributed by atoms with Gasteiger partial charge in [0.25, 0.3) is 0 Å². The lowest BCUT2D eigenvalue weighted by Crippen LogP contribution is -2.15. The molecule has 0 radical (unpaired) electrons. The van der Waals surface area contributed by atoms with Crippen molar-refractivity contribution >= 4 is 5.97 Å². The summed E-state index contributed by atoms with van der Waals surface area (Å²) in [5.41, 5.74) is 5.33. The highest BCUT2D eigenvalue weighted by molar-refractivity contribution is 5.69. The van der Waals surface area contributed by atoms with Gasteiger partial charge in [-0.05, 0) is 25.3 Å². The van der Waals surface area contributed by atoms with Gasteiger partial charge in [0.1, 0.15) is 0 Å². The summed E-state index contributed by atoms with van der Waals surface area (Å²) in [6.07, 6.45) is 1.64. The molecule has 2 unspecified atom stereocenters. The summed E-state index contributed by atoms with van der Waals surface area (Å²) in [6, 6.07) is 0. The lowest BCUT2D eigenvalue weighted by Gasteiger charge is -2.12. The number of hydrogen-bond donors (Lipinski definition) is 2. The molecular weight excluding hydrogens is 142 g/mol. The van der Waals surface area contributed by atoms with Crippen LogP contribution in [0, 0.1) is 11.8 Å². The highest BCUT2D eigenvalue weighted by Gasteiger charge is 2.13. The van der Waals surface area contributed by atoms with Crippen LogP contribution in [0.5, 0.6) is 0 Å². The second kappa shape index (κ2) is 5.13. The zero-order valence-corrected chi connectivity index (χ0v) is 7.21. The first-order valence-electron chi connectivity index (χ1n) is 4.00. The Balaban J connectivity index is 3.56. The molecule has 0 spiro atoms. The molecule has 0 amide bonds. The molecular formula is C8H17NO2. The smallest absolute Gasteiger partial charge is 0.306 e. The SMILES string of the molecule is CC(CCN)CC(C)C(=O)O. The monoisotopic (exact) mass is 159 g/mol. The summed E-state index contributed by atoms with van der Waals surface area (Å²) in [5, 5.41) is 8.57. The van der Waals surface area contributed by atoms with Crippen LogP contribution in [0.25, 0.3) is 0 Å². The average Bonchev–Trinajstić information content (AvgIpc) is 1.87. The van der Waals surface area contributed by atoms with Crippen molar-refractivity contribution in [3.05, 3.63) is 0 Å². The van der Waals surface area contributed by atoms with Gasteiger partial charge in [-0.2, -0.15) is 0 Å². The van der Waals surface area contributed by atoms with E-state index in [1.807, 2.05) is 6.92 Å². The van der Waals surface area contributed by atoms with Crippen LogP contribution in [0.4, 0.5) is 0 Å². The Hall–Kier alpha value is -0.570. The average molecular weight is 159 g/mol. The van der Waals surface area contributed by atoms with Crippen LogP contribution in [0.3, 0.4) is 0 Å². The van der Waals surface area contributed by atoms with Crippen molar-refractivity contribution in [1.82, 2.24) is 0 Å². The molecule has 66 valence electrons. The third kappa shape index (κ3) is 4.79. The number of nitrogens with two attached hydrogens (primary N) is 1. The zero-order valence-electron chi connectivity index (χ0n) is 7.21. The lowest BCUT2D eigenvalue weighted by molar-refractivity contribution is -0.141. The Morgan fingerprint density at radius 3 is 2.45 bits per heavy atom. The van der Waals surface area contributed by atoms with E-state index in [0.29, 0.717) is 12.5 Å². The first-order chi connectivity index (χ1) is 5.07. The van der Waals surface area contributed by atoms with Crippen molar-refractivity contribution in [3.8, 4) is 0 Å². The Bertz CT molecular complexity index is 125. The molecule has 0 heterocycles. The van der Waals surface area contributed by atoms with Gasteiger partial charge in [0.05, 0.1) is 5.92 Å². The zero-order chi connectivity index (χ0) is 8.85. The van der Waals surface area contributed by atoms with E-state index in [1.54, 1.807) is 6.92 Å². The van der Waals surface area contributed by atoms with E-state index < -0.39 is 5.97 Å². The molecule has 11 heavy (non-hydrogen) atoms. The number of aliphatic carboxylic acids is 1. The van der Waals surface area contributed by atoms with Gasteiger partial charge in [-0.1, -0.05) is 13.8 Å². The first-order valence-corrected chi connectivity index (χ1v) is 4.00. The number of carboxylic acid groups (broad SMARTS) is 1. The van der Waals surface area contributed by atoms with Crippen molar-refractivity contribution in [2.45, 2.75) is 26.7 Å². The molecule has 0 aromatic heterocycles. The normalized spacial score (nSPS) is 15.9. The second-order valence-corrected chi connectivity index (χ2v) is 3.16. The van der Waals surface area contributed by atoms with Gasteiger partial charge in [-0.15, -0.1) is 0 Å². The maximum atomic E-state index is 10.4. The summed E-state index contributed by atoms with van der Waals surface area (Å²) >= 11 is 0. The minimum atomic E-state index is -0.714. The van der Waals surface area contributed by atoms with Crippen LogP contribution in [0.2, 0.25) is 0 Å². The largest absolute Gasteiger partial charge is 0.481 e. The Morgan fingerprint density at radius 2 is 2.09 bits per heavy atom. The van der Waals surface area contributed by atoms with Gasteiger partial charge in [-0.25, -0.2) is 0 Å². The predicted molar refractivity (Wildman–Crippen MR) is 44.3 cm³/mol. The fourth-order valence-electron chi connectivity index (χ4n) is 1.11. The predicted octanol–water partition coefficient (Wildman–Crippen LogP) is 1.08. The van der Waals surface area contributed by atoms with Gasteiger partial charge >= 0.3 is 5.97 Å². The highest BCUT2D eigenvalue weighted by atomic mass is 16.4. The van der Waals surface area contributed by atoms with Crippen molar-refractivity contribution < 1.29 is 9.90 Å². The lowest BCUT2D eigenvalue weighted by atomic mass is 9.95. The first kappa shape index (κ1) is 10.4. The van der Waals surface area contributed by atoms with Crippen LogP contribution in [-0.4, -0.2) is 17.6 Å². The van der Waals surface area contributed by atoms with E-state index in [9.17, 15) is 4.79 Å². The molecule has 3 N–H and O–H groups in total. The topological polar surface area (TPSA) is 63.3 Å². The van der Waals surface area contributed by atoms with Crippen molar-refractivity contribution in [3.63, 3.8) is 0 Å². The molecule has 3 heteroatoms. The number of hydrogen-bond acceptors (Lipinski definition) is 2. The van der Waals surface area contributed by atoms with E-state index in [4.69, 9.17) is 10.8 Å². The summed E-state index contributed by atoms with van der Waals surface area (Å²) in [7, 11) is 0. The number of rotatable bonds is 5. The van der Waals surface area contributed by atoms with E-state index in [2.05, 4.69) is 0 Å². The third-order valence-corrected chi connectivity index (χ3v) is 1.84. The van der Waals surface area contributed by atoms with Crippen molar-refractivity contribution in [1.29, 1.82) is 0 Å². The van der Waals surface area contributed by atoms with Crippen LogP contribution in [0.1, 0.15) is 26.7 Å². The van der Waals surface area contributed by atoms with Gasteiger partial charge in [-0.3, -0.25) is 4.79 Å². The Labute approximate surface area is 67.6 Å². The van der Waals surface area contributed by atoms with Gasteiger partial charge in [0, 0.05) is 0 Å². The van der Waals surface area contributed by atoms with E-state index in [1.165, 1.54) is 0 Å². The molecule has 0 aromatic carbocycles. The Morgan fingerprint density at radius 1 is 1.55 bits per heavy atom. The molecule has 0 fully saturated rings. The summed E-state index contributed by atoms with van der Waals surface area (Å²) < 4.78 is 0. The van der Waals surface area contributed by atoms with Crippen molar-refractivity contribution in [2.75, 3.05) is 6.54 Å². The minimum Gasteiger partial charge on any atom is -0.481 e. The van der Waals surface area contributed by atoms with E-state index in [0.717, 1.165) is 12.8 Å². The molecule has 0 saturated carbocycles. The molecule has 0 aliphatic carbocycles. The van der Waals surface area contributed by atoms with E-state index >= 15 is 0 Å². The molecule has 0 bridgehead atoms. The molecule has 0 saturated heterocycles. The van der Waals surface area contributed by atoms with Gasteiger partial charge in [0.2, 0.25) is 0 Å². The van der Waals surface area contributed by atoms with E-state index in [-0.39, 0.29) is 5.92 Å². The standard InChI is InChI=1S/C8H17NO2/c1-6(3-4-9)5-7(2)8(10)11/h6-7H,3-5,9H2,1-2H3,(H,10,11). The highest BCUT2D eigenvalue weighted by Crippen LogP contribution is 2.14. The third-order valence-electron chi connectivity index (χ3n) is 1.84. The fraction of sp³-hybridized carbons (Fsp3) is 0.875. The maximum Gasteiger partial charge on any atom is 0.306 e. The van der Waals surface area contributed by atoms with Crippen LogP contribution in [-0.2, 0) is 4.79 Å². The summed E-state index contributed by atoms with van der Waals surface area (Å²) in [6.45, 7) is 4.41. The van der Waals surface area contributed by atoms with Crippen molar-refractivity contribution in [2.24, 2.45) is 17.6 Å². The fourth-order valence-corrected chi connectivity index (χ4v) is 1.11. The van der Waals surface area contributed by atoms with Crippen LogP contribution < -0.4 is 5.73 Å². The molecule has 0 aliphatic rings. The molecule has 3 nitrogen and oxygen atoms in total. The van der Waals surface area contributed by atoms with Crippen LogP contribution >= 0.6 is 0 Å². The molecule has 2 atom stereocenters. The molecule has 0 rings (SSSR count). The quantitative estimate of drug-likeness (QED) is 0.631. The number of carbonyl (C=O) groups is 1. The maximum absolute atomic E-state index is 10.4. The molecule has 0 aromatic rings. The summed E-state index contributed by atoms with van der Waals surface area (Å²) in [4.78, 5) is 10.4. The Kier molecular flexibility index (Phi) is 4.86. The second-order valence-electron chi connectivity index (χ2n) is 3.16. The molecule has 0 aliphatic heterocycles. The summed E-state index contributed by atoms with van der Waals surface area (Å²) in [5.74, 6) is -0.531. The van der Waals surface area contributed by atoms with Gasteiger partial charge in [0.15, 0.2) is 0 Å². The van der Waals surface area contributed by atoms with Gasteiger partial charge < -0.3 is 10.8 Å². The minimum absolute atomic E-state index is 0.239.